The van der Waals surface area contributed by atoms with Gasteiger partial charge in [-0.15, -0.1) is 0 Å². The van der Waals surface area contributed by atoms with E-state index in [4.69, 9.17) is 19.7 Å². The van der Waals surface area contributed by atoms with E-state index in [-0.39, 0.29) is 19.1 Å². The summed E-state index contributed by atoms with van der Waals surface area (Å²) in [4.78, 5) is 15.1. The van der Waals surface area contributed by atoms with Crippen molar-refractivity contribution in [3.05, 3.63) is 22.5 Å². The maximum absolute atomic E-state index is 13.4. The predicted octanol–water partition coefficient (Wildman–Crippen LogP) is 1.56. The largest absolute Gasteiger partial charge is 0.381 e. The second-order valence-electron chi connectivity index (χ2n) is 5.39. The quantitative estimate of drug-likeness (QED) is 0.745. The molecule has 2 heterocycles. The van der Waals surface area contributed by atoms with Crippen LogP contribution in [-0.2, 0) is 18.6 Å². The van der Waals surface area contributed by atoms with Crippen molar-refractivity contribution in [2.45, 2.75) is 32.1 Å². The highest BCUT2D eigenvalue weighted by Crippen LogP contribution is 2.42. The summed E-state index contributed by atoms with van der Waals surface area (Å²) in [6, 6.07) is 0. The van der Waals surface area contributed by atoms with Crippen LogP contribution < -0.4 is 11.4 Å². The van der Waals surface area contributed by atoms with Crippen LogP contribution in [0.25, 0.3) is 0 Å². The summed E-state index contributed by atoms with van der Waals surface area (Å²) in [6.45, 7) is 3.86. The van der Waals surface area contributed by atoms with Gasteiger partial charge in [-0.25, -0.2) is 9.18 Å². The van der Waals surface area contributed by atoms with E-state index in [9.17, 15) is 13.8 Å². The first-order valence-electron chi connectivity index (χ1n) is 7.31. The molecule has 1 fully saturated rings. The zero-order valence-corrected chi connectivity index (χ0v) is 14.0. The first-order chi connectivity index (χ1) is 10.8. The minimum Gasteiger partial charge on any atom is -0.381 e. The molecule has 10 heteroatoms. The van der Waals surface area contributed by atoms with Crippen molar-refractivity contribution in [3.8, 4) is 0 Å². The third kappa shape index (κ3) is 4.84. The number of hydrogen-bond donors (Lipinski definition) is 1. The molecule has 1 aromatic heterocycles. The van der Waals surface area contributed by atoms with Crippen LogP contribution in [0.3, 0.4) is 0 Å². The number of aromatic nitrogens is 2. The van der Waals surface area contributed by atoms with Gasteiger partial charge in [-0.2, -0.15) is 4.98 Å². The van der Waals surface area contributed by atoms with Crippen molar-refractivity contribution in [1.82, 2.24) is 9.55 Å². The number of rotatable bonds is 7. The molecule has 2 N–H and O–H groups in total. The van der Waals surface area contributed by atoms with Gasteiger partial charge in [0.15, 0.2) is 11.6 Å². The minimum absolute atomic E-state index is 0.00334. The number of anilines is 1. The van der Waals surface area contributed by atoms with E-state index in [1.807, 2.05) is 0 Å². The lowest BCUT2D eigenvalue weighted by Crippen LogP contribution is -2.29. The van der Waals surface area contributed by atoms with Crippen molar-refractivity contribution in [3.63, 3.8) is 0 Å². The Kier molecular flexibility index (Phi) is 5.91. The molecule has 0 aromatic carbocycles. The third-order valence-electron chi connectivity index (χ3n) is 3.36. The molecule has 0 spiro atoms. The topological polar surface area (TPSA) is 106 Å². The maximum Gasteiger partial charge on any atom is 0.351 e. The van der Waals surface area contributed by atoms with Gasteiger partial charge in [-0.3, -0.25) is 9.13 Å². The van der Waals surface area contributed by atoms with Gasteiger partial charge >= 0.3 is 5.69 Å². The molecule has 0 bridgehead atoms. The molecule has 1 aromatic rings. The van der Waals surface area contributed by atoms with Crippen molar-refractivity contribution in [1.29, 1.82) is 0 Å². The van der Waals surface area contributed by atoms with Crippen LogP contribution >= 0.6 is 7.37 Å². The molecule has 130 valence electrons. The standard InChI is InChI=1S/C13H21FN3O5P/c1-3-21-23(2,19)8-20-7-9-4-5-11(22-9)17-6-10(14)12(15)16-13(17)18/h6,9,11H,3-5,7-8H2,1-2H3,(H2,15,16,18)/t9-,11+,23?/m1/s1. The van der Waals surface area contributed by atoms with Gasteiger partial charge in [0.25, 0.3) is 0 Å². The molecule has 1 aliphatic heterocycles. The molecular weight excluding hydrogens is 328 g/mol. The molecule has 1 aliphatic rings. The Balaban J connectivity index is 1.88. The second kappa shape index (κ2) is 7.53. The van der Waals surface area contributed by atoms with Crippen molar-refractivity contribution >= 4 is 13.2 Å². The second-order valence-corrected chi connectivity index (χ2v) is 7.93. The van der Waals surface area contributed by atoms with Crippen LogP contribution in [-0.4, -0.2) is 41.9 Å². The summed E-state index contributed by atoms with van der Waals surface area (Å²) in [7, 11) is -2.75. The summed E-state index contributed by atoms with van der Waals surface area (Å²) in [5.41, 5.74) is 4.59. The molecule has 0 radical (unpaired) electrons. The molecule has 0 aliphatic carbocycles. The van der Waals surface area contributed by atoms with E-state index in [1.54, 1.807) is 6.92 Å². The Morgan fingerprint density at radius 2 is 2.30 bits per heavy atom. The molecule has 2 rings (SSSR count). The molecule has 8 nitrogen and oxygen atoms in total. The fourth-order valence-electron chi connectivity index (χ4n) is 2.34. The summed E-state index contributed by atoms with van der Waals surface area (Å²) in [6.07, 6.45) is 1.27. The van der Waals surface area contributed by atoms with Crippen LogP contribution in [0.1, 0.15) is 26.0 Å². The van der Waals surface area contributed by atoms with Gasteiger partial charge in [0, 0.05) is 6.66 Å². The van der Waals surface area contributed by atoms with E-state index >= 15 is 0 Å². The third-order valence-corrected chi connectivity index (χ3v) is 4.82. The first-order valence-corrected chi connectivity index (χ1v) is 9.56. The molecule has 0 saturated carbocycles. The molecule has 1 saturated heterocycles. The number of nitrogen functional groups attached to an aromatic ring is 1. The monoisotopic (exact) mass is 349 g/mol. The summed E-state index contributed by atoms with van der Waals surface area (Å²) in [5.74, 6) is -1.20. The smallest absolute Gasteiger partial charge is 0.351 e. The number of nitrogens with zero attached hydrogens (tertiary/aromatic N) is 2. The van der Waals surface area contributed by atoms with Gasteiger partial charge in [-0.1, -0.05) is 0 Å². The molecule has 3 atom stereocenters. The molecular formula is C13H21FN3O5P. The van der Waals surface area contributed by atoms with Crippen LogP contribution in [0, 0.1) is 5.82 Å². The highest BCUT2D eigenvalue weighted by atomic mass is 31.2. The normalized spacial score (nSPS) is 23.8. The number of hydrogen-bond acceptors (Lipinski definition) is 7. The predicted molar refractivity (Wildman–Crippen MR) is 82.0 cm³/mol. The van der Waals surface area contributed by atoms with Gasteiger partial charge in [0.1, 0.15) is 12.6 Å². The van der Waals surface area contributed by atoms with Crippen LogP contribution in [0.5, 0.6) is 0 Å². The van der Waals surface area contributed by atoms with Gasteiger partial charge < -0.3 is 19.7 Å². The van der Waals surface area contributed by atoms with Crippen LogP contribution in [0.15, 0.2) is 11.0 Å². The summed E-state index contributed by atoms with van der Waals surface area (Å²) < 4.78 is 42.6. The fraction of sp³-hybridized carbons (Fsp3) is 0.692. The van der Waals surface area contributed by atoms with E-state index in [2.05, 4.69) is 4.98 Å². The van der Waals surface area contributed by atoms with Crippen molar-refractivity contribution < 1.29 is 23.0 Å². The van der Waals surface area contributed by atoms with Crippen LogP contribution in [0.2, 0.25) is 0 Å². The Bertz CT molecular complexity index is 653. The summed E-state index contributed by atoms with van der Waals surface area (Å²) in [5, 5.41) is 0. The molecule has 1 unspecified atom stereocenters. The zero-order valence-electron chi connectivity index (χ0n) is 13.1. The fourth-order valence-corrected chi connectivity index (χ4v) is 3.40. The molecule has 23 heavy (non-hydrogen) atoms. The SMILES string of the molecule is CCOP(C)(=O)COC[C@H]1CC[C@@H](n2cc(F)c(N)nc2=O)O1. The molecule has 0 amide bonds. The maximum atomic E-state index is 13.4. The Morgan fingerprint density at radius 3 is 3.00 bits per heavy atom. The van der Waals surface area contributed by atoms with E-state index in [0.717, 1.165) is 10.8 Å². The minimum atomic E-state index is -2.75. The van der Waals surface area contributed by atoms with Crippen molar-refractivity contribution in [2.75, 3.05) is 32.0 Å². The Labute approximate surface area is 133 Å². The van der Waals surface area contributed by atoms with Gasteiger partial charge in [0.2, 0.25) is 7.37 Å². The Morgan fingerprint density at radius 1 is 1.57 bits per heavy atom. The lowest BCUT2D eigenvalue weighted by Gasteiger charge is -2.17. The first kappa shape index (κ1) is 18.1. The number of ether oxygens (including phenoxy) is 2. The van der Waals surface area contributed by atoms with Gasteiger partial charge in [0.05, 0.1) is 25.5 Å². The van der Waals surface area contributed by atoms with E-state index < -0.39 is 30.9 Å². The van der Waals surface area contributed by atoms with Crippen LogP contribution in [0.4, 0.5) is 10.2 Å². The highest BCUT2D eigenvalue weighted by Gasteiger charge is 2.29. The van der Waals surface area contributed by atoms with Crippen molar-refractivity contribution in [2.24, 2.45) is 0 Å². The zero-order chi connectivity index (χ0) is 17.0. The van der Waals surface area contributed by atoms with E-state index in [1.165, 1.54) is 6.66 Å². The number of nitrogens with two attached hydrogens (primary N) is 1. The Hall–Kier alpha value is -1.28. The lowest BCUT2D eigenvalue weighted by atomic mass is 10.2. The van der Waals surface area contributed by atoms with Gasteiger partial charge in [-0.05, 0) is 19.8 Å². The average Bonchev–Trinajstić information content (AvgIpc) is 2.91. The summed E-state index contributed by atoms with van der Waals surface area (Å²) >= 11 is 0. The number of halogens is 1. The average molecular weight is 349 g/mol. The lowest BCUT2D eigenvalue weighted by molar-refractivity contribution is -0.0374. The highest BCUT2D eigenvalue weighted by molar-refractivity contribution is 7.57. The van der Waals surface area contributed by atoms with E-state index in [0.29, 0.717) is 19.4 Å².